The molecule has 1 aliphatic heterocycles. The molecular weight excluding hydrogens is 507 g/mol. The number of aromatic nitrogens is 1. The molecule has 2 aromatic heterocycles. The number of carbonyl (C=O) groups excluding carboxylic acids is 2. The Morgan fingerprint density at radius 1 is 1.17 bits per heavy atom. The zero-order chi connectivity index (χ0) is 25.9. The number of fused-ring (bicyclic) bond motifs is 1. The summed E-state index contributed by atoms with van der Waals surface area (Å²) >= 11 is 0.991. The molecule has 184 valence electrons. The van der Waals surface area contributed by atoms with Gasteiger partial charge in [-0.3, -0.25) is 14.5 Å². The largest absolute Gasteiger partial charge is 0.503 e. The molecule has 2 aromatic carbocycles. The minimum absolute atomic E-state index is 0.00722. The van der Waals surface area contributed by atoms with Crippen LogP contribution in [0.5, 0.6) is 0 Å². The van der Waals surface area contributed by atoms with Crippen molar-refractivity contribution in [3.05, 3.63) is 88.3 Å². The van der Waals surface area contributed by atoms with Crippen LogP contribution < -0.4 is 4.90 Å². The fourth-order valence-corrected chi connectivity index (χ4v) is 6.01. The number of aliphatic hydroxyl groups is 1. The van der Waals surface area contributed by atoms with Gasteiger partial charge in [0.2, 0.25) is 0 Å². The summed E-state index contributed by atoms with van der Waals surface area (Å²) in [6.07, 6.45) is 1.08. The van der Waals surface area contributed by atoms with Gasteiger partial charge in [0.25, 0.3) is 5.91 Å². The third kappa shape index (κ3) is 3.80. The Balaban J connectivity index is 1.70. The molecule has 0 bridgehead atoms. The number of rotatable bonds is 5. The molecule has 0 radical (unpaired) electrons. The van der Waals surface area contributed by atoms with Crippen LogP contribution in [0.3, 0.4) is 0 Å². The number of halogens is 1. The van der Waals surface area contributed by atoms with Crippen molar-refractivity contribution in [1.82, 2.24) is 4.98 Å². The number of furan rings is 1. The third-order valence-electron chi connectivity index (χ3n) is 5.92. The average molecular weight is 527 g/mol. The van der Waals surface area contributed by atoms with Gasteiger partial charge in [-0.15, -0.1) is 0 Å². The van der Waals surface area contributed by atoms with E-state index in [0.717, 1.165) is 22.5 Å². The van der Waals surface area contributed by atoms with Crippen molar-refractivity contribution in [3.8, 4) is 0 Å². The first kappa shape index (κ1) is 23.9. The standard InChI is InChI=1S/C25H19FN2O6S2/c1-12-10-16(13(2)34-12)22(29)20-21(15-6-4-5-7-17(15)26)28(24(31)23(20)30)25-27-18-9-8-14(36(3,32)33)11-19(18)35-25/h4-11,21,30H,1-3H3. The Morgan fingerprint density at radius 3 is 2.53 bits per heavy atom. The number of amides is 1. The van der Waals surface area contributed by atoms with Crippen LogP contribution in [0.4, 0.5) is 9.52 Å². The van der Waals surface area contributed by atoms with E-state index in [0.29, 0.717) is 21.7 Å². The highest BCUT2D eigenvalue weighted by molar-refractivity contribution is 7.90. The van der Waals surface area contributed by atoms with E-state index in [2.05, 4.69) is 4.98 Å². The molecule has 4 aromatic rings. The minimum Gasteiger partial charge on any atom is -0.503 e. The maximum Gasteiger partial charge on any atom is 0.296 e. The summed E-state index contributed by atoms with van der Waals surface area (Å²) < 4.78 is 44.9. The number of ketones is 1. The van der Waals surface area contributed by atoms with Crippen LogP contribution in [0.1, 0.15) is 33.5 Å². The lowest BCUT2D eigenvalue weighted by molar-refractivity contribution is -0.117. The monoisotopic (exact) mass is 526 g/mol. The van der Waals surface area contributed by atoms with Gasteiger partial charge in [0, 0.05) is 11.8 Å². The highest BCUT2D eigenvalue weighted by atomic mass is 32.2. The van der Waals surface area contributed by atoms with Crippen molar-refractivity contribution >= 4 is 48.2 Å². The number of anilines is 1. The molecule has 1 aliphatic rings. The van der Waals surface area contributed by atoms with Crippen molar-refractivity contribution in [3.63, 3.8) is 0 Å². The van der Waals surface area contributed by atoms with Crippen molar-refractivity contribution < 1.29 is 31.9 Å². The maximum atomic E-state index is 15.0. The first-order chi connectivity index (χ1) is 17.0. The van der Waals surface area contributed by atoms with Gasteiger partial charge in [0.15, 0.2) is 26.5 Å². The summed E-state index contributed by atoms with van der Waals surface area (Å²) in [5.74, 6) is -2.33. The molecule has 1 amide bonds. The van der Waals surface area contributed by atoms with Gasteiger partial charge >= 0.3 is 0 Å². The summed E-state index contributed by atoms with van der Waals surface area (Å²) in [5, 5.41) is 11.0. The van der Waals surface area contributed by atoms with Crippen LogP contribution in [0, 0.1) is 19.7 Å². The maximum absolute atomic E-state index is 15.0. The Labute approximate surface area is 209 Å². The molecule has 1 unspecified atom stereocenters. The predicted octanol–water partition coefficient (Wildman–Crippen LogP) is 4.83. The van der Waals surface area contributed by atoms with Crippen molar-refractivity contribution in [2.24, 2.45) is 0 Å². The molecule has 8 nitrogen and oxygen atoms in total. The highest BCUT2D eigenvalue weighted by Gasteiger charge is 2.47. The van der Waals surface area contributed by atoms with Gasteiger partial charge in [-0.05, 0) is 44.2 Å². The second-order valence-corrected chi connectivity index (χ2v) is 11.4. The molecule has 0 saturated carbocycles. The predicted molar refractivity (Wildman–Crippen MR) is 132 cm³/mol. The smallest absolute Gasteiger partial charge is 0.296 e. The Morgan fingerprint density at radius 2 is 1.89 bits per heavy atom. The lowest BCUT2D eigenvalue weighted by Crippen LogP contribution is -2.31. The average Bonchev–Trinajstić information content (AvgIpc) is 3.46. The van der Waals surface area contributed by atoms with Crippen molar-refractivity contribution in [2.45, 2.75) is 24.8 Å². The number of sulfone groups is 1. The van der Waals surface area contributed by atoms with E-state index in [4.69, 9.17) is 4.42 Å². The molecular formula is C25H19FN2O6S2. The van der Waals surface area contributed by atoms with E-state index in [1.165, 1.54) is 42.5 Å². The van der Waals surface area contributed by atoms with Gasteiger partial charge in [0.1, 0.15) is 23.4 Å². The van der Waals surface area contributed by atoms with E-state index < -0.39 is 39.1 Å². The molecule has 11 heteroatoms. The molecule has 36 heavy (non-hydrogen) atoms. The number of nitrogens with zero attached hydrogens (tertiary/aromatic N) is 2. The zero-order valence-corrected chi connectivity index (χ0v) is 20.9. The summed E-state index contributed by atoms with van der Waals surface area (Å²) in [7, 11) is -3.49. The van der Waals surface area contributed by atoms with Crippen molar-refractivity contribution in [2.75, 3.05) is 11.2 Å². The van der Waals surface area contributed by atoms with Crippen LogP contribution in [0.15, 0.2) is 69.2 Å². The molecule has 1 atom stereocenters. The molecule has 0 saturated heterocycles. The second kappa shape index (κ2) is 8.38. The SMILES string of the molecule is Cc1cc(C(=O)C2=C(O)C(=O)N(c3nc4ccc(S(C)(=O)=O)cc4s3)C2c2ccccc2F)c(C)o1. The number of Topliss-reactive ketones (excluding diaryl/α,β-unsaturated/α-hetero) is 1. The van der Waals surface area contributed by atoms with E-state index in [1.807, 2.05) is 0 Å². The number of benzene rings is 2. The topological polar surface area (TPSA) is 118 Å². The van der Waals surface area contributed by atoms with Gasteiger partial charge in [-0.2, -0.15) is 0 Å². The zero-order valence-electron chi connectivity index (χ0n) is 19.3. The number of hydrogen-bond donors (Lipinski definition) is 1. The third-order valence-corrected chi connectivity index (χ3v) is 8.05. The quantitative estimate of drug-likeness (QED) is 0.370. The number of hydrogen-bond acceptors (Lipinski definition) is 8. The number of carbonyl (C=O) groups is 2. The Bertz CT molecular complexity index is 1720. The fraction of sp³-hybridized carbons (Fsp3) is 0.160. The first-order valence-electron chi connectivity index (χ1n) is 10.7. The molecule has 0 aliphatic carbocycles. The minimum atomic E-state index is -3.49. The van der Waals surface area contributed by atoms with Crippen LogP contribution in [0.25, 0.3) is 10.2 Å². The molecule has 3 heterocycles. The van der Waals surface area contributed by atoms with Gasteiger partial charge in [-0.1, -0.05) is 29.5 Å². The van der Waals surface area contributed by atoms with Crippen LogP contribution in [-0.4, -0.2) is 36.5 Å². The van der Waals surface area contributed by atoms with Gasteiger partial charge in [-0.25, -0.2) is 17.8 Å². The van der Waals surface area contributed by atoms with Gasteiger partial charge in [0.05, 0.1) is 26.2 Å². The highest BCUT2D eigenvalue weighted by Crippen LogP contribution is 2.45. The second-order valence-electron chi connectivity index (χ2n) is 8.42. The number of aliphatic hydroxyl groups excluding tert-OH is 1. The fourth-order valence-electron chi connectivity index (χ4n) is 4.25. The Kier molecular flexibility index (Phi) is 5.56. The van der Waals surface area contributed by atoms with E-state index in [-0.39, 0.29) is 26.7 Å². The van der Waals surface area contributed by atoms with Crippen LogP contribution >= 0.6 is 11.3 Å². The summed E-state index contributed by atoms with van der Waals surface area (Å²) in [5.41, 5.74) is 0.243. The van der Waals surface area contributed by atoms with Crippen molar-refractivity contribution in [1.29, 1.82) is 0 Å². The van der Waals surface area contributed by atoms with Crippen LogP contribution in [0.2, 0.25) is 0 Å². The Hall–Kier alpha value is -3.83. The van der Waals surface area contributed by atoms with E-state index in [9.17, 15) is 23.1 Å². The lowest BCUT2D eigenvalue weighted by atomic mass is 9.92. The molecule has 0 spiro atoms. The molecule has 5 rings (SSSR count). The molecule has 1 N–H and O–H groups in total. The number of thiazole rings is 1. The summed E-state index contributed by atoms with van der Waals surface area (Å²) in [6.45, 7) is 3.24. The first-order valence-corrected chi connectivity index (χ1v) is 13.4. The molecule has 0 fully saturated rings. The van der Waals surface area contributed by atoms with Crippen LogP contribution in [-0.2, 0) is 14.6 Å². The number of aryl methyl sites for hydroxylation is 2. The van der Waals surface area contributed by atoms with E-state index in [1.54, 1.807) is 19.9 Å². The normalized spacial score (nSPS) is 16.4. The van der Waals surface area contributed by atoms with E-state index >= 15 is 4.39 Å². The lowest BCUT2D eigenvalue weighted by Gasteiger charge is -2.24. The summed E-state index contributed by atoms with van der Waals surface area (Å²) in [6, 6.07) is 10.2. The van der Waals surface area contributed by atoms with Gasteiger partial charge < -0.3 is 9.52 Å². The summed E-state index contributed by atoms with van der Waals surface area (Å²) in [4.78, 5) is 32.5.